The van der Waals surface area contributed by atoms with E-state index in [2.05, 4.69) is 10.3 Å². The van der Waals surface area contributed by atoms with Gasteiger partial charge in [-0.2, -0.15) is 0 Å². The minimum Gasteiger partial charge on any atom is -0.354 e. The van der Waals surface area contributed by atoms with E-state index >= 15 is 0 Å². The molecule has 0 unspecified atom stereocenters. The number of benzene rings is 1. The van der Waals surface area contributed by atoms with Gasteiger partial charge in [0.15, 0.2) is 0 Å². The fourth-order valence-electron chi connectivity index (χ4n) is 1.36. The van der Waals surface area contributed by atoms with Gasteiger partial charge in [0.25, 0.3) is 0 Å². The van der Waals surface area contributed by atoms with Crippen LogP contribution in [0.5, 0.6) is 0 Å². The Balaban J connectivity index is 2.27. The topological polar surface area (TPSA) is 24.9 Å². The Hall–Kier alpha value is -1.25. The van der Waals surface area contributed by atoms with E-state index in [0.717, 1.165) is 16.9 Å². The average Bonchev–Trinajstić information content (AvgIpc) is 2.22. The molecule has 16 heavy (non-hydrogen) atoms. The second kappa shape index (κ2) is 4.73. The quantitative estimate of drug-likeness (QED) is 0.800. The molecule has 0 bridgehead atoms. The molecular formula is C12H10Cl2N2. The van der Waals surface area contributed by atoms with Gasteiger partial charge < -0.3 is 5.32 Å². The largest absolute Gasteiger partial charge is 0.354 e. The summed E-state index contributed by atoms with van der Waals surface area (Å²) in [7, 11) is 0. The molecule has 1 aromatic heterocycles. The molecule has 0 amide bonds. The summed E-state index contributed by atoms with van der Waals surface area (Å²) >= 11 is 11.9. The van der Waals surface area contributed by atoms with Crippen LogP contribution in [-0.2, 0) is 0 Å². The lowest BCUT2D eigenvalue weighted by molar-refractivity contribution is 1.32. The zero-order chi connectivity index (χ0) is 11.5. The van der Waals surface area contributed by atoms with Crippen LogP contribution in [0.1, 0.15) is 5.56 Å². The van der Waals surface area contributed by atoms with Crippen LogP contribution in [0.15, 0.2) is 36.5 Å². The number of pyridine rings is 1. The predicted molar refractivity (Wildman–Crippen MR) is 68.7 cm³/mol. The molecule has 0 spiro atoms. The van der Waals surface area contributed by atoms with E-state index < -0.39 is 0 Å². The number of rotatable bonds is 2. The highest BCUT2D eigenvalue weighted by atomic mass is 35.5. The van der Waals surface area contributed by atoms with Crippen LogP contribution in [0.3, 0.4) is 0 Å². The Morgan fingerprint density at radius 1 is 1.12 bits per heavy atom. The molecular weight excluding hydrogens is 243 g/mol. The number of aryl methyl sites for hydroxylation is 1. The molecule has 2 aromatic rings. The molecule has 0 aliphatic rings. The van der Waals surface area contributed by atoms with Crippen molar-refractivity contribution in [2.75, 3.05) is 5.32 Å². The van der Waals surface area contributed by atoms with Crippen molar-refractivity contribution in [1.29, 1.82) is 0 Å². The van der Waals surface area contributed by atoms with E-state index in [1.165, 1.54) is 0 Å². The molecule has 2 rings (SSSR count). The van der Waals surface area contributed by atoms with Gasteiger partial charge in [-0.15, -0.1) is 0 Å². The average molecular weight is 253 g/mol. The van der Waals surface area contributed by atoms with E-state index in [0.29, 0.717) is 10.2 Å². The molecule has 4 heteroatoms. The number of nitrogens with one attached hydrogen (secondary N) is 1. The highest BCUT2D eigenvalue weighted by Crippen LogP contribution is 2.26. The van der Waals surface area contributed by atoms with Crippen molar-refractivity contribution in [3.8, 4) is 0 Å². The van der Waals surface area contributed by atoms with Crippen molar-refractivity contribution in [3.63, 3.8) is 0 Å². The van der Waals surface area contributed by atoms with E-state index in [1.54, 1.807) is 12.3 Å². The van der Waals surface area contributed by atoms with E-state index in [-0.39, 0.29) is 0 Å². The molecule has 0 radical (unpaired) electrons. The Labute approximate surface area is 104 Å². The first-order valence-electron chi connectivity index (χ1n) is 4.80. The van der Waals surface area contributed by atoms with E-state index in [9.17, 15) is 0 Å². The number of aromatic nitrogens is 1. The van der Waals surface area contributed by atoms with Crippen LogP contribution < -0.4 is 5.32 Å². The Morgan fingerprint density at radius 2 is 1.94 bits per heavy atom. The van der Waals surface area contributed by atoms with Crippen LogP contribution in [0.25, 0.3) is 0 Å². The lowest BCUT2D eigenvalue weighted by Gasteiger charge is -2.08. The van der Waals surface area contributed by atoms with Gasteiger partial charge in [0.1, 0.15) is 5.15 Å². The van der Waals surface area contributed by atoms with Crippen molar-refractivity contribution in [2.24, 2.45) is 0 Å². The monoisotopic (exact) mass is 252 g/mol. The third kappa shape index (κ3) is 2.65. The molecule has 0 aliphatic carbocycles. The lowest BCUT2D eigenvalue weighted by atomic mass is 10.2. The number of nitrogens with zero attached hydrogens (tertiary/aromatic N) is 1. The first-order chi connectivity index (χ1) is 7.65. The van der Waals surface area contributed by atoms with Crippen molar-refractivity contribution in [1.82, 2.24) is 4.98 Å². The van der Waals surface area contributed by atoms with Crippen LogP contribution in [0, 0.1) is 6.92 Å². The summed E-state index contributed by atoms with van der Waals surface area (Å²) in [4.78, 5) is 3.91. The molecule has 0 fully saturated rings. The summed E-state index contributed by atoms with van der Waals surface area (Å²) in [6, 6.07) is 9.43. The molecule has 1 aromatic carbocycles. The van der Waals surface area contributed by atoms with Crippen LogP contribution in [0.2, 0.25) is 10.2 Å². The van der Waals surface area contributed by atoms with Crippen LogP contribution >= 0.6 is 23.2 Å². The molecule has 0 atom stereocenters. The molecule has 2 nitrogen and oxygen atoms in total. The number of anilines is 2. The maximum Gasteiger partial charge on any atom is 0.131 e. The van der Waals surface area contributed by atoms with Crippen molar-refractivity contribution >= 4 is 34.6 Å². The van der Waals surface area contributed by atoms with Crippen LogP contribution in [0.4, 0.5) is 11.4 Å². The van der Waals surface area contributed by atoms with Gasteiger partial charge in [-0.3, -0.25) is 0 Å². The molecule has 82 valence electrons. The molecule has 1 N–H and O–H groups in total. The van der Waals surface area contributed by atoms with Gasteiger partial charge in [-0.1, -0.05) is 29.3 Å². The van der Waals surface area contributed by atoms with Gasteiger partial charge in [-0.05, 0) is 36.8 Å². The zero-order valence-electron chi connectivity index (χ0n) is 8.67. The summed E-state index contributed by atoms with van der Waals surface area (Å²) in [6.07, 6.45) is 1.65. The predicted octanol–water partition coefficient (Wildman–Crippen LogP) is 4.44. The summed E-state index contributed by atoms with van der Waals surface area (Å²) in [5.74, 6) is 0. The smallest absolute Gasteiger partial charge is 0.131 e. The van der Waals surface area contributed by atoms with E-state index in [4.69, 9.17) is 23.2 Å². The minimum absolute atomic E-state index is 0.452. The Morgan fingerprint density at radius 3 is 2.62 bits per heavy atom. The van der Waals surface area contributed by atoms with E-state index in [1.807, 2.05) is 31.2 Å². The summed E-state index contributed by atoms with van der Waals surface area (Å²) in [6.45, 7) is 2.00. The van der Waals surface area contributed by atoms with Gasteiger partial charge in [-0.25, -0.2) is 4.98 Å². The summed E-state index contributed by atoms with van der Waals surface area (Å²) in [5.41, 5.74) is 2.85. The summed E-state index contributed by atoms with van der Waals surface area (Å²) in [5, 5.41) is 4.32. The molecule has 1 heterocycles. The Bertz CT molecular complexity index is 512. The highest BCUT2D eigenvalue weighted by Gasteiger charge is 2.01. The number of hydrogen-bond donors (Lipinski definition) is 1. The molecule has 0 saturated carbocycles. The molecule has 0 aliphatic heterocycles. The summed E-state index contributed by atoms with van der Waals surface area (Å²) < 4.78 is 0. The van der Waals surface area contributed by atoms with Crippen LogP contribution in [-0.4, -0.2) is 4.98 Å². The first-order valence-corrected chi connectivity index (χ1v) is 5.55. The fraction of sp³-hybridized carbons (Fsp3) is 0.0833. The van der Waals surface area contributed by atoms with Gasteiger partial charge in [0.05, 0.1) is 10.7 Å². The lowest BCUT2D eigenvalue weighted by Crippen LogP contribution is -1.92. The molecule has 0 saturated heterocycles. The highest BCUT2D eigenvalue weighted by molar-refractivity contribution is 6.33. The SMILES string of the molecule is Cc1ccc(Nc2ccnc(Cl)c2)c(Cl)c1. The number of hydrogen-bond acceptors (Lipinski definition) is 2. The number of halogens is 2. The normalized spacial score (nSPS) is 10.2. The minimum atomic E-state index is 0.452. The Kier molecular flexibility index (Phi) is 3.32. The maximum absolute atomic E-state index is 6.11. The first kappa shape index (κ1) is 11.2. The standard InChI is InChI=1S/C12H10Cl2N2/c1-8-2-3-11(10(13)6-8)16-9-4-5-15-12(14)7-9/h2-7H,1H3,(H,15,16). The third-order valence-electron chi connectivity index (χ3n) is 2.13. The van der Waals surface area contributed by atoms with Gasteiger partial charge in [0, 0.05) is 11.9 Å². The maximum atomic E-state index is 6.11. The van der Waals surface area contributed by atoms with Gasteiger partial charge >= 0.3 is 0 Å². The fourth-order valence-corrected chi connectivity index (χ4v) is 1.81. The van der Waals surface area contributed by atoms with Crippen molar-refractivity contribution < 1.29 is 0 Å². The second-order valence-corrected chi connectivity index (χ2v) is 4.27. The third-order valence-corrected chi connectivity index (χ3v) is 2.65. The van der Waals surface area contributed by atoms with Crippen molar-refractivity contribution in [2.45, 2.75) is 6.92 Å². The second-order valence-electron chi connectivity index (χ2n) is 3.48. The zero-order valence-corrected chi connectivity index (χ0v) is 10.2. The van der Waals surface area contributed by atoms with Crippen molar-refractivity contribution in [3.05, 3.63) is 52.3 Å². The van der Waals surface area contributed by atoms with Gasteiger partial charge in [0.2, 0.25) is 0 Å².